The Labute approximate surface area is 109 Å². The van der Waals surface area contributed by atoms with Gasteiger partial charge < -0.3 is 9.47 Å². The maximum Gasteiger partial charge on any atom is 0.236 e. The largest absolute Gasteiger partial charge is 0.486 e. The molecule has 1 aromatic carbocycles. The fraction of sp³-hybridized carbons (Fsp3) is 0.400. The lowest BCUT2D eigenvalue weighted by Crippen LogP contribution is -2.17. The van der Waals surface area contributed by atoms with Gasteiger partial charge in [-0.1, -0.05) is 11.6 Å². The van der Waals surface area contributed by atoms with E-state index in [1.807, 2.05) is 0 Å². The molecule has 1 heterocycles. The van der Waals surface area contributed by atoms with E-state index in [-0.39, 0.29) is 5.75 Å². The van der Waals surface area contributed by atoms with Crippen molar-refractivity contribution in [1.82, 2.24) is 0 Å². The van der Waals surface area contributed by atoms with E-state index < -0.39 is 9.05 Å². The maximum atomic E-state index is 11.1. The smallest absolute Gasteiger partial charge is 0.236 e. The third kappa shape index (κ3) is 2.78. The van der Waals surface area contributed by atoms with Crippen LogP contribution in [0.4, 0.5) is 0 Å². The van der Waals surface area contributed by atoms with Gasteiger partial charge in [0, 0.05) is 16.2 Å². The van der Waals surface area contributed by atoms with Gasteiger partial charge in [0.15, 0.2) is 11.5 Å². The van der Waals surface area contributed by atoms with E-state index in [1.54, 1.807) is 13.0 Å². The van der Waals surface area contributed by atoms with Gasteiger partial charge in [-0.15, -0.1) is 0 Å². The van der Waals surface area contributed by atoms with Crippen LogP contribution >= 0.6 is 22.3 Å². The summed E-state index contributed by atoms with van der Waals surface area (Å²) in [7, 11) is 1.57. The molecule has 0 atom stereocenters. The van der Waals surface area contributed by atoms with Crippen LogP contribution in [0.25, 0.3) is 0 Å². The summed E-state index contributed by atoms with van der Waals surface area (Å²) in [6, 6.07) is 1.56. The third-order valence-electron chi connectivity index (χ3n) is 2.40. The quantitative estimate of drug-likeness (QED) is 0.787. The fourth-order valence-corrected chi connectivity index (χ4v) is 2.92. The van der Waals surface area contributed by atoms with Crippen LogP contribution in [0.3, 0.4) is 0 Å². The zero-order chi connectivity index (χ0) is 12.6. The zero-order valence-corrected chi connectivity index (χ0v) is 11.3. The van der Waals surface area contributed by atoms with Crippen LogP contribution in [-0.4, -0.2) is 21.6 Å². The number of ether oxygens (including phenoxy) is 2. The minimum absolute atomic E-state index is 0.329. The lowest BCUT2D eigenvalue weighted by molar-refractivity contribution is 0.170. The molecule has 0 fully saturated rings. The lowest BCUT2D eigenvalue weighted by Gasteiger charge is -2.22. The second-order valence-electron chi connectivity index (χ2n) is 3.68. The highest BCUT2D eigenvalue weighted by Gasteiger charge is 2.21. The summed E-state index contributed by atoms with van der Waals surface area (Å²) < 4.78 is 33.0. The summed E-state index contributed by atoms with van der Waals surface area (Å²) in [6.45, 7) is 2.64. The molecule has 4 nitrogen and oxygen atoms in total. The van der Waals surface area contributed by atoms with Gasteiger partial charge in [-0.05, 0) is 18.6 Å². The normalized spacial score (nSPS) is 14.8. The van der Waals surface area contributed by atoms with Gasteiger partial charge in [-0.25, -0.2) is 8.42 Å². The van der Waals surface area contributed by atoms with Crippen molar-refractivity contribution in [2.24, 2.45) is 0 Å². The monoisotopic (exact) mass is 296 g/mol. The molecule has 0 unspecified atom stereocenters. The molecule has 0 spiro atoms. The van der Waals surface area contributed by atoms with Crippen LogP contribution in [0, 0.1) is 6.92 Å². The van der Waals surface area contributed by atoms with Gasteiger partial charge in [0.1, 0.15) is 13.2 Å². The fourth-order valence-electron chi connectivity index (χ4n) is 1.69. The summed E-state index contributed by atoms with van der Waals surface area (Å²) in [5.74, 6) is 0.746. The van der Waals surface area contributed by atoms with Crippen molar-refractivity contribution >= 4 is 31.3 Å². The number of halogens is 2. The number of benzene rings is 1. The molecular weight excluding hydrogens is 287 g/mol. The first-order chi connectivity index (χ1) is 7.88. The number of rotatable bonds is 2. The van der Waals surface area contributed by atoms with Crippen LogP contribution in [0.1, 0.15) is 11.1 Å². The molecule has 0 aliphatic carbocycles. The minimum atomic E-state index is -3.65. The molecule has 1 aliphatic rings. The van der Waals surface area contributed by atoms with Crippen molar-refractivity contribution in [2.75, 3.05) is 13.2 Å². The average Bonchev–Trinajstić information content (AvgIpc) is 2.24. The summed E-state index contributed by atoms with van der Waals surface area (Å²) in [6.07, 6.45) is 0. The van der Waals surface area contributed by atoms with E-state index in [1.165, 1.54) is 0 Å². The Morgan fingerprint density at radius 1 is 1.35 bits per heavy atom. The Hall–Kier alpha value is -0.650. The topological polar surface area (TPSA) is 52.6 Å². The summed E-state index contributed by atoms with van der Waals surface area (Å²) in [5, 5.41) is 0.346. The predicted octanol–water partition coefficient (Wildman–Crippen LogP) is 2.49. The van der Waals surface area contributed by atoms with Crippen molar-refractivity contribution in [3.8, 4) is 11.5 Å². The molecule has 7 heteroatoms. The van der Waals surface area contributed by atoms with E-state index in [0.29, 0.717) is 40.9 Å². The minimum Gasteiger partial charge on any atom is -0.486 e. The third-order valence-corrected chi connectivity index (χ3v) is 3.91. The Kier molecular flexibility index (Phi) is 3.43. The van der Waals surface area contributed by atoms with Crippen LogP contribution in [0.15, 0.2) is 6.07 Å². The van der Waals surface area contributed by atoms with E-state index in [4.69, 9.17) is 31.8 Å². The summed E-state index contributed by atoms with van der Waals surface area (Å²) >= 11 is 6.08. The SMILES string of the molecule is Cc1c(Cl)c(CS(=O)(=O)Cl)cc2c1OCCO2. The van der Waals surface area contributed by atoms with Gasteiger partial charge in [0.25, 0.3) is 0 Å². The van der Waals surface area contributed by atoms with E-state index in [0.717, 1.165) is 0 Å². The molecular formula is C10H10Cl2O4S. The van der Waals surface area contributed by atoms with Crippen molar-refractivity contribution < 1.29 is 17.9 Å². The van der Waals surface area contributed by atoms with E-state index in [9.17, 15) is 8.42 Å². The second kappa shape index (κ2) is 4.55. The maximum absolute atomic E-state index is 11.1. The molecule has 0 radical (unpaired) electrons. The van der Waals surface area contributed by atoms with Gasteiger partial charge in [0.2, 0.25) is 9.05 Å². The Morgan fingerprint density at radius 2 is 2.00 bits per heavy atom. The molecule has 0 bridgehead atoms. The van der Waals surface area contributed by atoms with Crippen molar-refractivity contribution in [3.05, 3.63) is 22.2 Å². The van der Waals surface area contributed by atoms with Gasteiger partial charge in [0.05, 0.1) is 10.8 Å². The van der Waals surface area contributed by atoms with Crippen LogP contribution in [0.5, 0.6) is 11.5 Å². The predicted molar refractivity (Wildman–Crippen MR) is 65.7 cm³/mol. The van der Waals surface area contributed by atoms with Crippen LogP contribution in [0.2, 0.25) is 5.02 Å². The molecule has 0 N–H and O–H groups in total. The molecule has 1 aliphatic heterocycles. The summed E-state index contributed by atoms with van der Waals surface area (Å²) in [4.78, 5) is 0. The second-order valence-corrected chi connectivity index (χ2v) is 6.84. The van der Waals surface area contributed by atoms with E-state index in [2.05, 4.69) is 0 Å². The molecule has 0 saturated heterocycles. The first-order valence-corrected chi connectivity index (χ1v) is 7.74. The first-order valence-electron chi connectivity index (χ1n) is 4.88. The standard InChI is InChI=1S/C10H10Cl2O4S/c1-6-9(11)7(5-17(12,13)14)4-8-10(6)16-3-2-15-8/h4H,2-3,5H2,1H3. The highest BCUT2D eigenvalue weighted by Crippen LogP contribution is 2.40. The van der Waals surface area contributed by atoms with Crippen LogP contribution < -0.4 is 9.47 Å². The van der Waals surface area contributed by atoms with E-state index >= 15 is 0 Å². The van der Waals surface area contributed by atoms with Crippen molar-refractivity contribution in [3.63, 3.8) is 0 Å². The molecule has 0 aromatic heterocycles. The number of fused-ring (bicyclic) bond motifs is 1. The number of hydrogen-bond donors (Lipinski definition) is 0. The molecule has 0 amide bonds. The molecule has 17 heavy (non-hydrogen) atoms. The lowest BCUT2D eigenvalue weighted by atomic mass is 10.1. The molecule has 1 aromatic rings. The van der Waals surface area contributed by atoms with Crippen molar-refractivity contribution in [1.29, 1.82) is 0 Å². The van der Waals surface area contributed by atoms with Gasteiger partial charge in [-0.3, -0.25) is 0 Å². The molecule has 0 saturated carbocycles. The average molecular weight is 297 g/mol. The zero-order valence-electron chi connectivity index (χ0n) is 9.00. The molecule has 94 valence electrons. The Morgan fingerprint density at radius 3 is 2.65 bits per heavy atom. The highest BCUT2D eigenvalue weighted by molar-refractivity contribution is 8.13. The Balaban J connectivity index is 2.51. The van der Waals surface area contributed by atoms with Crippen molar-refractivity contribution in [2.45, 2.75) is 12.7 Å². The highest BCUT2D eigenvalue weighted by atomic mass is 35.7. The first kappa shape index (κ1) is 12.8. The summed E-state index contributed by atoms with van der Waals surface area (Å²) in [5.41, 5.74) is 1.09. The van der Waals surface area contributed by atoms with Gasteiger partial charge in [-0.2, -0.15) is 0 Å². The van der Waals surface area contributed by atoms with Gasteiger partial charge >= 0.3 is 0 Å². The molecule has 2 rings (SSSR count). The number of hydrogen-bond acceptors (Lipinski definition) is 4. The Bertz CT molecular complexity index is 554. The van der Waals surface area contributed by atoms with Crippen LogP contribution in [-0.2, 0) is 14.8 Å².